The number of nitrogens with one attached hydrogen (secondary N) is 2. The van der Waals surface area contributed by atoms with E-state index in [0.717, 1.165) is 24.2 Å². The Labute approximate surface area is 125 Å². The number of ether oxygens (including phenoxy) is 1. The van der Waals surface area contributed by atoms with Gasteiger partial charge in [0.05, 0.1) is 6.20 Å². The molecular formula is C15H21N5O. The zero-order chi connectivity index (χ0) is 15.1. The van der Waals surface area contributed by atoms with Gasteiger partial charge in [0.25, 0.3) is 0 Å². The normalized spacial score (nSPS) is 10.4. The van der Waals surface area contributed by atoms with Crippen LogP contribution in [0.3, 0.4) is 0 Å². The summed E-state index contributed by atoms with van der Waals surface area (Å²) in [7, 11) is 1.69. The molecule has 1 aromatic carbocycles. The van der Waals surface area contributed by atoms with Crippen molar-refractivity contribution in [2.24, 2.45) is 0 Å². The molecule has 2 N–H and O–H groups in total. The van der Waals surface area contributed by atoms with Crippen LogP contribution in [0.4, 0.5) is 17.5 Å². The Kier molecular flexibility index (Phi) is 5.45. The summed E-state index contributed by atoms with van der Waals surface area (Å²) in [5.41, 5.74) is 3.39. The molecule has 6 heteroatoms. The van der Waals surface area contributed by atoms with Crippen LogP contribution in [0.25, 0.3) is 0 Å². The molecule has 0 radical (unpaired) electrons. The molecule has 0 unspecified atom stereocenters. The summed E-state index contributed by atoms with van der Waals surface area (Å²) < 4.78 is 5.00. The van der Waals surface area contributed by atoms with Crippen molar-refractivity contribution >= 4 is 17.5 Å². The maximum absolute atomic E-state index is 5.00. The second-order valence-corrected chi connectivity index (χ2v) is 4.88. The molecule has 2 rings (SSSR count). The van der Waals surface area contributed by atoms with Gasteiger partial charge in [-0.1, -0.05) is 12.1 Å². The lowest BCUT2D eigenvalue weighted by molar-refractivity contribution is 0.197. The van der Waals surface area contributed by atoms with Gasteiger partial charge < -0.3 is 15.4 Å². The average molecular weight is 287 g/mol. The Morgan fingerprint density at radius 3 is 2.90 bits per heavy atom. The molecule has 0 saturated heterocycles. The van der Waals surface area contributed by atoms with Crippen LogP contribution in [0.2, 0.25) is 0 Å². The van der Waals surface area contributed by atoms with E-state index in [9.17, 15) is 0 Å². The lowest BCUT2D eigenvalue weighted by atomic mass is 10.1. The van der Waals surface area contributed by atoms with Gasteiger partial charge in [0, 0.05) is 25.9 Å². The lowest BCUT2D eigenvalue weighted by Crippen LogP contribution is -2.09. The standard InChI is InChI=1S/C15H21N5O/c1-11-5-6-12(2)13(9-11)18-14-10-17-20-15(19-14)16-7-4-8-21-3/h5-6,9-10H,4,7-8H2,1-3H3,(H2,16,18,19,20). The van der Waals surface area contributed by atoms with Gasteiger partial charge in [-0.2, -0.15) is 10.1 Å². The van der Waals surface area contributed by atoms with E-state index in [-0.39, 0.29) is 0 Å². The van der Waals surface area contributed by atoms with Gasteiger partial charge in [-0.15, -0.1) is 5.10 Å². The highest BCUT2D eigenvalue weighted by Gasteiger charge is 2.03. The second-order valence-electron chi connectivity index (χ2n) is 4.88. The number of hydrogen-bond donors (Lipinski definition) is 2. The van der Waals surface area contributed by atoms with Gasteiger partial charge in [0.1, 0.15) is 0 Å². The topological polar surface area (TPSA) is 72.0 Å². The number of methoxy groups -OCH3 is 1. The molecule has 0 bridgehead atoms. The predicted molar refractivity (Wildman–Crippen MR) is 84.0 cm³/mol. The van der Waals surface area contributed by atoms with Crippen molar-refractivity contribution in [3.8, 4) is 0 Å². The van der Waals surface area contributed by atoms with E-state index in [1.54, 1.807) is 13.3 Å². The lowest BCUT2D eigenvalue weighted by Gasteiger charge is -2.10. The first kappa shape index (κ1) is 15.2. The molecule has 112 valence electrons. The average Bonchev–Trinajstić information content (AvgIpc) is 2.48. The minimum absolute atomic E-state index is 0.515. The molecule has 0 aliphatic carbocycles. The number of nitrogens with zero attached hydrogens (tertiary/aromatic N) is 3. The van der Waals surface area contributed by atoms with Crippen LogP contribution in [-0.2, 0) is 4.74 Å². The fourth-order valence-corrected chi connectivity index (χ4v) is 1.86. The van der Waals surface area contributed by atoms with Gasteiger partial charge >= 0.3 is 0 Å². The molecule has 2 aromatic rings. The van der Waals surface area contributed by atoms with Crippen LogP contribution < -0.4 is 10.6 Å². The Morgan fingerprint density at radius 2 is 2.10 bits per heavy atom. The van der Waals surface area contributed by atoms with E-state index in [1.165, 1.54) is 5.56 Å². The number of rotatable bonds is 7. The van der Waals surface area contributed by atoms with Crippen LogP contribution in [0, 0.1) is 13.8 Å². The highest BCUT2D eigenvalue weighted by atomic mass is 16.5. The summed E-state index contributed by atoms with van der Waals surface area (Å²) >= 11 is 0. The van der Waals surface area contributed by atoms with E-state index in [4.69, 9.17) is 4.74 Å². The molecule has 0 amide bonds. The van der Waals surface area contributed by atoms with Crippen molar-refractivity contribution in [2.75, 3.05) is 30.9 Å². The van der Waals surface area contributed by atoms with E-state index < -0.39 is 0 Å². The smallest absolute Gasteiger partial charge is 0.244 e. The van der Waals surface area contributed by atoms with E-state index in [2.05, 4.69) is 57.9 Å². The first-order valence-corrected chi connectivity index (χ1v) is 6.96. The zero-order valence-corrected chi connectivity index (χ0v) is 12.7. The molecule has 21 heavy (non-hydrogen) atoms. The third kappa shape index (κ3) is 4.68. The molecule has 0 saturated carbocycles. The summed E-state index contributed by atoms with van der Waals surface area (Å²) in [5.74, 6) is 1.19. The number of aromatic nitrogens is 3. The van der Waals surface area contributed by atoms with Gasteiger partial charge in [0.2, 0.25) is 5.95 Å². The molecule has 1 aromatic heterocycles. The highest BCUT2D eigenvalue weighted by Crippen LogP contribution is 2.20. The Hall–Kier alpha value is -2.21. The number of anilines is 3. The quantitative estimate of drug-likeness (QED) is 0.763. The Bertz CT molecular complexity index is 588. The van der Waals surface area contributed by atoms with Crippen LogP contribution in [0.15, 0.2) is 24.4 Å². The van der Waals surface area contributed by atoms with Gasteiger partial charge in [-0.3, -0.25) is 0 Å². The predicted octanol–water partition coefficient (Wildman–Crippen LogP) is 2.68. The monoisotopic (exact) mass is 287 g/mol. The minimum Gasteiger partial charge on any atom is -0.385 e. The van der Waals surface area contributed by atoms with Crippen molar-refractivity contribution in [2.45, 2.75) is 20.3 Å². The van der Waals surface area contributed by atoms with E-state index in [1.807, 2.05) is 0 Å². The molecule has 0 fully saturated rings. The third-order valence-electron chi connectivity index (χ3n) is 3.02. The first-order chi connectivity index (χ1) is 10.2. The molecule has 0 atom stereocenters. The Balaban J connectivity index is 2.02. The highest BCUT2D eigenvalue weighted by molar-refractivity contribution is 5.61. The summed E-state index contributed by atoms with van der Waals surface area (Å²) in [6, 6.07) is 6.25. The molecular weight excluding hydrogens is 266 g/mol. The molecule has 0 aliphatic rings. The fraction of sp³-hybridized carbons (Fsp3) is 0.400. The van der Waals surface area contributed by atoms with Crippen LogP contribution in [0.1, 0.15) is 17.5 Å². The van der Waals surface area contributed by atoms with E-state index >= 15 is 0 Å². The summed E-state index contributed by atoms with van der Waals surface area (Å²) in [6.45, 7) is 5.58. The number of hydrogen-bond acceptors (Lipinski definition) is 6. The summed E-state index contributed by atoms with van der Waals surface area (Å²) in [5, 5.41) is 14.3. The van der Waals surface area contributed by atoms with Crippen molar-refractivity contribution in [1.82, 2.24) is 15.2 Å². The van der Waals surface area contributed by atoms with Crippen LogP contribution in [-0.4, -0.2) is 35.4 Å². The van der Waals surface area contributed by atoms with Gasteiger partial charge in [0.15, 0.2) is 5.82 Å². The van der Waals surface area contributed by atoms with Crippen molar-refractivity contribution in [1.29, 1.82) is 0 Å². The largest absolute Gasteiger partial charge is 0.385 e. The molecule has 1 heterocycles. The number of benzene rings is 1. The maximum atomic E-state index is 5.00. The second kappa shape index (κ2) is 7.54. The Morgan fingerprint density at radius 1 is 1.24 bits per heavy atom. The SMILES string of the molecule is COCCCNc1nncc(Nc2cc(C)ccc2C)n1. The molecule has 0 aliphatic heterocycles. The number of aryl methyl sites for hydroxylation is 2. The molecule has 0 spiro atoms. The van der Waals surface area contributed by atoms with Crippen molar-refractivity contribution in [3.63, 3.8) is 0 Å². The van der Waals surface area contributed by atoms with Gasteiger partial charge in [-0.25, -0.2) is 0 Å². The van der Waals surface area contributed by atoms with Crippen LogP contribution >= 0.6 is 0 Å². The van der Waals surface area contributed by atoms with Crippen molar-refractivity contribution < 1.29 is 4.74 Å². The van der Waals surface area contributed by atoms with E-state index in [0.29, 0.717) is 18.4 Å². The van der Waals surface area contributed by atoms with Gasteiger partial charge in [-0.05, 0) is 37.5 Å². The first-order valence-electron chi connectivity index (χ1n) is 6.96. The zero-order valence-electron chi connectivity index (χ0n) is 12.7. The summed E-state index contributed by atoms with van der Waals surface area (Å²) in [6.07, 6.45) is 2.51. The van der Waals surface area contributed by atoms with Crippen LogP contribution in [0.5, 0.6) is 0 Å². The molecule has 6 nitrogen and oxygen atoms in total. The summed E-state index contributed by atoms with van der Waals surface area (Å²) in [4.78, 5) is 4.40. The minimum atomic E-state index is 0.515. The maximum Gasteiger partial charge on any atom is 0.244 e. The van der Waals surface area contributed by atoms with Crippen molar-refractivity contribution in [3.05, 3.63) is 35.5 Å². The third-order valence-corrected chi connectivity index (χ3v) is 3.02. The fourth-order valence-electron chi connectivity index (χ4n) is 1.86.